The van der Waals surface area contributed by atoms with Gasteiger partial charge in [0.05, 0.1) is 20.4 Å². The van der Waals surface area contributed by atoms with Gasteiger partial charge in [0.15, 0.2) is 11.5 Å². The van der Waals surface area contributed by atoms with Crippen molar-refractivity contribution in [1.29, 1.82) is 0 Å². The van der Waals surface area contributed by atoms with E-state index in [4.69, 9.17) is 14.3 Å². The first-order valence-electron chi connectivity index (χ1n) is 9.62. The Morgan fingerprint density at radius 1 is 1.19 bits per heavy atom. The fourth-order valence-electron chi connectivity index (χ4n) is 3.39. The third-order valence-corrected chi connectivity index (χ3v) is 4.96. The highest BCUT2D eigenvalue weighted by Gasteiger charge is 2.35. The molecule has 2 rings (SSSR count). The second kappa shape index (κ2) is 9.42. The molecule has 2 N–H and O–H groups in total. The van der Waals surface area contributed by atoms with Crippen molar-refractivity contribution in [3.63, 3.8) is 0 Å². The minimum absolute atomic E-state index is 0.0361. The van der Waals surface area contributed by atoms with Crippen molar-refractivity contribution in [3.8, 4) is 11.5 Å². The molecule has 1 aromatic carbocycles. The van der Waals surface area contributed by atoms with Crippen LogP contribution in [0.3, 0.4) is 0 Å². The lowest BCUT2D eigenvalue weighted by molar-refractivity contribution is 0.0372. The number of ether oxygens (including phenoxy) is 2. The fourth-order valence-corrected chi connectivity index (χ4v) is 3.39. The van der Waals surface area contributed by atoms with Crippen LogP contribution in [0.4, 0.5) is 0 Å². The number of β-amino-alcohol motifs (C(OH)–C–C–N with tert-alkyl or cyclic N) is 1. The molecule has 1 aliphatic rings. The van der Waals surface area contributed by atoms with Crippen molar-refractivity contribution in [2.45, 2.75) is 63.5 Å². The van der Waals surface area contributed by atoms with Crippen LogP contribution in [0.15, 0.2) is 23.4 Å². The highest BCUT2D eigenvalue weighted by atomic mass is 16.6. The Bertz CT molecular complexity index is 619. The van der Waals surface area contributed by atoms with Crippen molar-refractivity contribution < 1.29 is 19.4 Å². The summed E-state index contributed by atoms with van der Waals surface area (Å²) in [4.78, 5) is 5.39. The van der Waals surface area contributed by atoms with Crippen molar-refractivity contribution in [1.82, 2.24) is 5.32 Å². The maximum Gasteiger partial charge on any atom is 0.161 e. The van der Waals surface area contributed by atoms with Gasteiger partial charge in [0.25, 0.3) is 0 Å². The zero-order valence-electron chi connectivity index (χ0n) is 17.2. The van der Waals surface area contributed by atoms with E-state index in [-0.39, 0.29) is 17.6 Å². The number of oxime groups is 1. The van der Waals surface area contributed by atoms with Gasteiger partial charge >= 0.3 is 0 Å². The van der Waals surface area contributed by atoms with Crippen molar-refractivity contribution in [3.05, 3.63) is 23.8 Å². The summed E-state index contributed by atoms with van der Waals surface area (Å²) >= 11 is 0. The van der Waals surface area contributed by atoms with E-state index >= 15 is 0 Å². The Morgan fingerprint density at radius 2 is 1.85 bits per heavy atom. The highest BCUT2D eigenvalue weighted by molar-refractivity contribution is 5.74. The van der Waals surface area contributed by atoms with E-state index in [1.807, 2.05) is 18.3 Å². The Balaban J connectivity index is 2.01. The normalized spacial score (nSPS) is 17.9. The molecular formula is C21H34N2O4. The summed E-state index contributed by atoms with van der Waals surface area (Å²) < 4.78 is 10.8. The molecule has 0 aliphatic heterocycles. The zero-order valence-corrected chi connectivity index (χ0v) is 17.2. The summed E-state index contributed by atoms with van der Waals surface area (Å²) in [6, 6.07) is 6.03. The van der Waals surface area contributed by atoms with Gasteiger partial charge in [0.1, 0.15) is 12.7 Å². The predicted molar refractivity (Wildman–Crippen MR) is 108 cm³/mol. The van der Waals surface area contributed by atoms with E-state index in [0.717, 1.165) is 42.7 Å². The average molecular weight is 379 g/mol. The third-order valence-electron chi connectivity index (χ3n) is 4.96. The second-order valence-electron chi connectivity index (χ2n) is 8.25. The predicted octanol–water partition coefficient (Wildman–Crippen LogP) is 3.27. The van der Waals surface area contributed by atoms with Gasteiger partial charge in [-0.3, -0.25) is 0 Å². The first kappa shape index (κ1) is 21.5. The lowest BCUT2D eigenvalue weighted by atomic mass is 9.80. The number of aliphatic hydroxyl groups is 1. The first-order valence-corrected chi connectivity index (χ1v) is 9.62. The molecule has 1 fully saturated rings. The second-order valence-corrected chi connectivity index (χ2v) is 8.25. The van der Waals surface area contributed by atoms with Crippen molar-refractivity contribution >= 4 is 6.21 Å². The number of rotatable bonds is 9. The molecule has 0 heterocycles. The van der Waals surface area contributed by atoms with Crippen molar-refractivity contribution in [2.24, 2.45) is 5.16 Å². The zero-order chi connectivity index (χ0) is 19.9. The Kier molecular flexibility index (Phi) is 7.50. The molecule has 1 saturated carbocycles. The number of hydrogen-bond acceptors (Lipinski definition) is 6. The van der Waals surface area contributed by atoms with Crippen molar-refractivity contribution in [2.75, 3.05) is 27.4 Å². The van der Waals surface area contributed by atoms with Crippen LogP contribution in [-0.4, -0.2) is 50.3 Å². The Hall–Kier alpha value is -1.79. The summed E-state index contributed by atoms with van der Waals surface area (Å²) in [5.74, 6) is 1.44. The molecule has 0 amide bonds. The molecule has 1 unspecified atom stereocenters. The lowest BCUT2D eigenvalue weighted by Gasteiger charge is -2.25. The Morgan fingerprint density at radius 3 is 2.44 bits per heavy atom. The van der Waals surface area contributed by atoms with Gasteiger partial charge in [-0.05, 0) is 51.3 Å². The van der Waals surface area contributed by atoms with Gasteiger partial charge in [-0.1, -0.05) is 24.1 Å². The molecule has 6 heteroatoms. The van der Waals surface area contributed by atoms with E-state index in [2.05, 4.69) is 37.3 Å². The van der Waals surface area contributed by atoms with Crippen LogP contribution >= 0.6 is 0 Å². The van der Waals surface area contributed by atoms with Crippen LogP contribution < -0.4 is 14.8 Å². The number of hydrogen-bond donors (Lipinski definition) is 2. The molecule has 0 bridgehead atoms. The quantitative estimate of drug-likeness (QED) is 0.510. The van der Waals surface area contributed by atoms with Gasteiger partial charge in [-0.15, -0.1) is 0 Å². The molecule has 152 valence electrons. The fraction of sp³-hybridized carbons (Fsp3) is 0.667. The van der Waals surface area contributed by atoms with Gasteiger partial charge in [0, 0.05) is 17.5 Å². The van der Waals surface area contributed by atoms with Gasteiger partial charge in [0.2, 0.25) is 0 Å². The van der Waals surface area contributed by atoms with Crippen LogP contribution in [0.2, 0.25) is 0 Å². The third kappa shape index (κ3) is 6.11. The van der Waals surface area contributed by atoms with E-state index in [1.54, 1.807) is 14.2 Å². The lowest BCUT2D eigenvalue weighted by Crippen LogP contribution is -2.42. The molecular weight excluding hydrogens is 344 g/mol. The van der Waals surface area contributed by atoms with E-state index < -0.39 is 6.10 Å². The van der Waals surface area contributed by atoms with E-state index in [1.165, 1.54) is 0 Å². The molecule has 0 spiro atoms. The maximum atomic E-state index is 10.0. The summed E-state index contributed by atoms with van der Waals surface area (Å²) in [6.07, 6.45) is 5.64. The van der Waals surface area contributed by atoms with Gasteiger partial charge in [-0.25, -0.2) is 0 Å². The Labute approximate surface area is 162 Å². The largest absolute Gasteiger partial charge is 0.493 e. The number of benzene rings is 1. The molecule has 1 aliphatic carbocycles. The standard InChI is InChI=1S/C21H34N2O4/c1-20(2,3)22-13-17(24)14-27-23-15-21(10-6-7-11-21)16-8-9-18(25-4)19(12-16)26-5/h8-9,12,15,17,22,24H,6-7,10-11,13-14H2,1-5H3/b23-15+. The number of nitrogens with one attached hydrogen (secondary N) is 1. The SMILES string of the molecule is COc1ccc(C2(/C=N/OCC(O)CNC(C)(C)C)CCCC2)cc1OC. The molecule has 1 atom stereocenters. The van der Waals surface area contributed by atoms with E-state index in [0.29, 0.717) is 6.54 Å². The minimum atomic E-state index is -0.595. The summed E-state index contributed by atoms with van der Waals surface area (Å²) in [7, 11) is 3.28. The number of nitrogens with zero attached hydrogens (tertiary/aromatic N) is 1. The monoisotopic (exact) mass is 378 g/mol. The molecule has 0 radical (unpaired) electrons. The number of methoxy groups -OCH3 is 2. The van der Waals surface area contributed by atoms with E-state index in [9.17, 15) is 5.11 Å². The van der Waals surface area contributed by atoms with Crippen LogP contribution in [0.25, 0.3) is 0 Å². The maximum absolute atomic E-state index is 10.0. The first-order chi connectivity index (χ1) is 12.8. The number of aliphatic hydroxyl groups excluding tert-OH is 1. The smallest absolute Gasteiger partial charge is 0.161 e. The molecule has 27 heavy (non-hydrogen) atoms. The molecule has 1 aromatic rings. The molecule has 6 nitrogen and oxygen atoms in total. The molecule has 0 aromatic heterocycles. The van der Waals surface area contributed by atoms with Crippen LogP contribution in [-0.2, 0) is 10.3 Å². The van der Waals surface area contributed by atoms with Crippen LogP contribution in [0, 0.1) is 0 Å². The summed E-state index contributed by atoms with van der Waals surface area (Å²) in [6.45, 7) is 6.82. The molecule has 0 saturated heterocycles. The van der Waals surface area contributed by atoms with Crippen LogP contribution in [0.5, 0.6) is 11.5 Å². The van der Waals surface area contributed by atoms with Gasteiger partial charge < -0.3 is 24.7 Å². The average Bonchev–Trinajstić information content (AvgIpc) is 3.12. The minimum Gasteiger partial charge on any atom is -0.493 e. The summed E-state index contributed by atoms with van der Waals surface area (Å²) in [5.41, 5.74) is 0.958. The van der Waals surface area contributed by atoms with Crippen LogP contribution in [0.1, 0.15) is 52.0 Å². The summed E-state index contributed by atoms with van der Waals surface area (Å²) in [5, 5.41) is 17.5. The topological polar surface area (TPSA) is 72.3 Å². The van der Waals surface area contributed by atoms with Gasteiger partial charge in [-0.2, -0.15) is 0 Å². The highest BCUT2D eigenvalue weighted by Crippen LogP contribution is 2.42.